The number of benzene rings is 1. The molecule has 1 atom stereocenters. The molecule has 0 amide bonds. The molecule has 1 N–H and O–H groups in total. The van der Waals surface area contributed by atoms with Crippen molar-refractivity contribution in [3.05, 3.63) is 35.6 Å². The van der Waals surface area contributed by atoms with Gasteiger partial charge >= 0.3 is 0 Å². The van der Waals surface area contributed by atoms with Crippen LogP contribution in [0.1, 0.15) is 11.7 Å². The molecular formula is C14H18FN3O. The predicted molar refractivity (Wildman–Crippen MR) is 69.9 cm³/mol. The molecular weight excluding hydrogens is 245 g/mol. The molecule has 1 aromatic rings. The van der Waals surface area contributed by atoms with Gasteiger partial charge in [-0.05, 0) is 6.07 Å². The second-order valence-corrected chi connectivity index (χ2v) is 4.77. The monoisotopic (exact) mass is 263 g/mol. The van der Waals surface area contributed by atoms with Gasteiger partial charge in [0.2, 0.25) is 0 Å². The van der Waals surface area contributed by atoms with Crippen molar-refractivity contribution in [2.75, 3.05) is 39.3 Å². The average Bonchev–Trinajstić information content (AvgIpc) is 2.42. The van der Waals surface area contributed by atoms with Crippen molar-refractivity contribution in [2.45, 2.75) is 6.10 Å². The van der Waals surface area contributed by atoms with E-state index in [2.05, 4.69) is 15.9 Å². The molecule has 1 aliphatic rings. The van der Waals surface area contributed by atoms with Crippen molar-refractivity contribution < 1.29 is 9.50 Å². The molecule has 0 saturated carbocycles. The van der Waals surface area contributed by atoms with Crippen molar-refractivity contribution in [1.29, 1.82) is 5.26 Å². The van der Waals surface area contributed by atoms with Gasteiger partial charge in [0.05, 0.1) is 18.7 Å². The van der Waals surface area contributed by atoms with Crippen molar-refractivity contribution in [3.8, 4) is 6.07 Å². The maximum absolute atomic E-state index is 13.5. The molecule has 4 nitrogen and oxygen atoms in total. The van der Waals surface area contributed by atoms with E-state index in [-0.39, 0.29) is 5.82 Å². The van der Waals surface area contributed by atoms with Gasteiger partial charge in [0.1, 0.15) is 5.82 Å². The van der Waals surface area contributed by atoms with E-state index in [1.807, 2.05) is 0 Å². The number of rotatable bonds is 4. The van der Waals surface area contributed by atoms with Gasteiger partial charge in [-0.15, -0.1) is 0 Å². The third kappa shape index (κ3) is 3.74. The predicted octanol–water partition coefficient (Wildman–Crippen LogP) is 1.00. The molecule has 1 aliphatic heterocycles. The quantitative estimate of drug-likeness (QED) is 0.823. The molecule has 0 bridgehead atoms. The molecule has 1 unspecified atom stereocenters. The van der Waals surface area contributed by atoms with Crippen LogP contribution in [0.25, 0.3) is 0 Å². The van der Waals surface area contributed by atoms with Crippen LogP contribution in [0.15, 0.2) is 24.3 Å². The van der Waals surface area contributed by atoms with Crippen LogP contribution < -0.4 is 0 Å². The molecule has 1 heterocycles. The van der Waals surface area contributed by atoms with E-state index in [0.29, 0.717) is 18.7 Å². The standard InChI is InChI=1S/C14H18FN3O/c15-13-4-2-1-3-12(13)14(19)11-18-9-7-17(6-5-16)8-10-18/h1-4,14,19H,6-11H2. The van der Waals surface area contributed by atoms with Gasteiger partial charge in [-0.2, -0.15) is 5.26 Å². The first-order valence-electron chi connectivity index (χ1n) is 6.45. The van der Waals surface area contributed by atoms with Crippen molar-refractivity contribution >= 4 is 0 Å². The van der Waals surface area contributed by atoms with E-state index in [4.69, 9.17) is 5.26 Å². The van der Waals surface area contributed by atoms with Gasteiger partial charge in [-0.1, -0.05) is 18.2 Å². The van der Waals surface area contributed by atoms with E-state index in [1.165, 1.54) is 6.07 Å². The summed E-state index contributed by atoms with van der Waals surface area (Å²) in [5.74, 6) is -0.363. The Labute approximate surface area is 112 Å². The molecule has 0 radical (unpaired) electrons. The van der Waals surface area contributed by atoms with Crippen LogP contribution in [-0.2, 0) is 0 Å². The molecule has 0 spiro atoms. The Kier molecular flexibility index (Phi) is 4.86. The first-order valence-corrected chi connectivity index (χ1v) is 6.45. The Bertz CT molecular complexity index is 452. The van der Waals surface area contributed by atoms with E-state index >= 15 is 0 Å². The van der Waals surface area contributed by atoms with E-state index in [0.717, 1.165) is 26.2 Å². The molecule has 1 saturated heterocycles. The van der Waals surface area contributed by atoms with Gasteiger partial charge in [0.15, 0.2) is 0 Å². The van der Waals surface area contributed by atoms with Crippen LogP contribution in [0.4, 0.5) is 4.39 Å². The molecule has 5 heteroatoms. The third-order valence-corrected chi connectivity index (χ3v) is 3.45. The summed E-state index contributed by atoms with van der Waals surface area (Å²) < 4.78 is 13.5. The van der Waals surface area contributed by atoms with Crippen LogP contribution >= 0.6 is 0 Å². The minimum atomic E-state index is -0.802. The number of aliphatic hydroxyl groups is 1. The van der Waals surface area contributed by atoms with Gasteiger partial charge in [-0.25, -0.2) is 4.39 Å². The number of nitriles is 1. The lowest BCUT2D eigenvalue weighted by Gasteiger charge is -2.34. The van der Waals surface area contributed by atoms with Crippen LogP contribution in [-0.4, -0.2) is 54.2 Å². The Morgan fingerprint density at radius 3 is 2.47 bits per heavy atom. The zero-order chi connectivity index (χ0) is 13.7. The molecule has 0 aliphatic carbocycles. The van der Waals surface area contributed by atoms with Crippen LogP contribution in [0, 0.1) is 17.1 Å². The summed E-state index contributed by atoms with van der Waals surface area (Å²) in [5.41, 5.74) is 0.349. The molecule has 19 heavy (non-hydrogen) atoms. The Hall–Kier alpha value is -1.48. The van der Waals surface area contributed by atoms with Crippen LogP contribution in [0.2, 0.25) is 0 Å². The zero-order valence-electron chi connectivity index (χ0n) is 10.8. The summed E-state index contributed by atoms with van der Waals surface area (Å²) in [6.07, 6.45) is -0.802. The molecule has 1 aromatic carbocycles. The van der Waals surface area contributed by atoms with E-state index in [1.54, 1.807) is 18.2 Å². The van der Waals surface area contributed by atoms with Gasteiger partial charge in [0.25, 0.3) is 0 Å². The maximum atomic E-state index is 13.5. The fraction of sp³-hybridized carbons (Fsp3) is 0.500. The molecule has 0 aromatic heterocycles. The van der Waals surface area contributed by atoms with E-state index in [9.17, 15) is 9.50 Å². The lowest BCUT2D eigenvalue weighted by atomic mass is 10.1. The highest BCUT2D eigenvalue weighted by atomic mass is 19.1. The van der Waals surface area contributed by atoms with Gasteiger partial charge in [-0.3, -0.25) is 9.80 Å². The minimum Gasteiger partial charge on any atom is -0.387 e. The second-order valence-electron chi connectivity index (χ2n) is 4.77. The maximum Gasteiger partial charge on any atom is 0.129 e. The summed E-state index contributed by atoms with van der Waals surface area (Å²) in [6.45, 7) is 4.11. The summed E-state index contributed by atoms with van der Waals surface area (Å²) in [4.78, 5) is 4.18. The number of hydrogen-bond donors (Lipinski definition) is 1. The summed E-state index contributed by atoms with van der Waals surface area (Å²) >= 11 is 0. The Morgan fingerprint density at radius 1 is 1.21 bits per heavy atom. The summed E-state index contributed by atoms with van der Waals surface area (Å²) in [7, 11) is 0. The number of aliphatic hydroxyl groups excluding tert-OH is 1. The highest BCUT2D eigenvalue weighted by Gasteiger charge is 2.20. The van der Waals surface area contributed by atoms with Gasteiger partial charge < -0.3 is 5.11 Å². The molecule has 2 rings (SSSR count). The Morgan fingerprint density at radius 2 is 1.84 bits per heavy atom. The van der Waals surface area contributed by atoms with Crippen LogP contribution in [0.5, 0.6) is 0 Å². The third-order valence-electron chi connectivity index (χ3n) is 3.45. The largest absolute Gasteiger partial charge is 0.387 e. The zero-order valence-corrected chi connectivity index (χ0v) is 10.8. The van der Waals surface area contributed by atoms with Crippen LogP contribution in [0.3, 0.4) is 0 Å². The van der Waals surface area contributed by atoms with Crippen molar-refractivity contribution in [3.63, 3.8) is 0 Å². The number of nitrogens with zero attached hydrogens (tertiary/aromatic N) is 3. The normalized spacial score (nSPS) is 19.0. The first kappa shape index (κ1) is 13.9. The SMILES string of the molecule is N#CCN1CCN(CC(O)c2ccccc2F)CC1. The highest BCUT2D eigenvalue weighted by molar-refractivity contribution is 5.20. The Balaban J connectivity index is 1.86. The van der Waals surface area contributed by atoms with Crippen molar-refractivity contribution in [1.82, 2.24) is 9.80 Å². The van der Waals surface area contributed by atoms with Crippen molar-refractivity contribution in [2.24, 2.45) is 0 Å². The summed E-state index contributed by atoms with van der Waals surface area (Å²) in [6, 6.07) is 8.46. The fourth-order valence-corrected chi connectivity index (χ4v) is 2.32. The minimum absolute atomic E-state index is 0.349. The lowest BCUT2D eigenvalue weighted by molar-refractivity contribution is 0.0750. The smallest absolute Gasteiger partial charge is 0.129 e. The molecule has 102 valence electrons. The van der Waals surface area contributed by atoms with E-state index < -0.39 is 6.10 Å². The number of halogens is 1. The summed E-state index contributed by atoms with van der Waals surface area (Å²) in [5, 5.41) is 18.7. The average molecular weight is 263 g/mol. The first-order chi connectivity index (χ1) is 9.20. The number of piperazine rings is 1. The number of β-amino-alcohol motifs (C(OH)–C–C–N with tert-alkyl or cyclic N) is 1. The van der Waals surface area contributed by atoms with Gasteiger partial charge in [0, 0.05) is 38.3 Å². The topological polar surface area (TPSA) is 50.5 Å². The fourth-order valence-electron chi connectivity index (χ4n) is 2.32. The molecule has 1 fully saturated rings. The highest BCUT2D eigenvalue weighted by Crippen LogP contribution is 2.18. The number of hydrogen-bond acceptors (Lipinski definition) is 4. The second kappa shape index (κ2) is 6.62. The lowest BCUT2D eigenvalue weighted by Crippen LogP contribution is -2.47.